The molecular weight excluding hydrogens is 466 g/mol. The fourth-order valence-corrected chi connectivity index (χ4v) is 3.22. The summed E-state index contributed by atoms with van der Waals surface area (Å²) in [5, 5.41) is 2.45. The molecule has 0 bridgehead atoms. The molecular formula is C26H27N3O5S. The topological polar surface area (TPSA) is 97.9 Å². The number of nitrogens with one attached hydrogen (secondary N) is 3. The van der Waals surface area contributed by atoms with Crippen LogP contribution in [-0.4, -0.2) is 36.7 Å². The van der Waals surface area contributed by atoms with Crippen LogP contribution >= 0.6 is 12.2 Å². The quantitative estimate of drug-likeness (QED) is 0.239. The number of rotatable bonds is 9. The van der Waals surface area contributed by atoms with Gasteiger partial charge in [0.15, 0.2) is 11.7 Å². The van der Waals surface area contributed by atoms with Crippen molar-refractivity contribution in [3.8, 4) is 17.2 Å². The summed E-state index contributed by atoms with van der Waals surface area (Å²) >= 11 is 5.07. The van der Waals surface area contributed by atoms with E-state index in [2.05, 4.69) is 16.2 Å². The molecule has 0 spiro atoms. The zero-order chi connectivity index (χ0) is 25.0. The molecule has 0 aliphatic rings. The molecule has 3 aromatic carbocycles. The third kappa shape index (κ3) is 8.31. The molecule has 0 saturated heterocycles. The number of benzene rings is 3. The van der Waals surface area contributed by atoms with Crippen LogP contribution in [0.1, 0.15) is 21.5 Å². The van der Waals surface area contributed by atoms with Gasteiger partial charge in [-0.2, -0.15) is 0 Å². The summed E-state index contributed by atoms with van der Waals surface area (Å²) in [6, 6.07) is 21.8. The van der Waals surface area contributed by atoms with E-state index in [-0.39, 0.29) is 11.7 Å². The van der Waals surface area contributed by atoms with Crippen LogP contribution in [0.2, 0.25) is 0 Å². The largest absolute Gasteiger partial charge is 0.490 e. The first-order chi connectivity index (χ1) is 16.9. The third-order valence-electron chi connectivity index (χ3n) is 4.78. The Labute approximate surface area is 209 Å². The predicted molar refractivity (Wildman–Crippen MR) is 137 cm³/mol. The fraction of sp³-hybridized carbons (Fsp3) is 0.192. The monoisotopic (exact) mass is 493 g/mol. The summed E-state index contributed by atoms with van der Waals surface area (Å²) in [6.07, 6.45) is 0. The molecule has 0 saturated carbocycles. The van der Waals surface area contributed by atoms with E-state index in [4.69, 9.17) is 26.4 Å². The molecule has 3 aromatic rings. The van der Waals surface area contributed by atoms with E-state index in [1.807, 2.05) is 62.4 Å². The van der Waals surface area contributed by atoms with Crippen LogP contribution in [-0.2, 0) is 4.79 Å². The van der Waals surface area contributed by atoms with Crippen molar-refractivity contribution < 1.29 is 23.8 Å². The van der Waals surface area contributed by atoms with Gasteiger partial charge < -0.3 is 14.2 Å². The first-order valence-corrected chi connectivity index (χ1v) is 11.3. The highest BCUT2D eigenvalue weighted by Gasteiger charge is 2.10. The molecule has 0 atom stereocenters. The van der Waals surface area contributed by atoms with Crippen molar-refractivity contribution in [3.63, 3.8) is 0 Å². The number of carbonyl (C=O) groups is 2. The van der Waals surface area contributed by atoms with Gasteiger partial charge in [0, 0.05) is 5.56 Å². The second kappa shape index (κ2) is 13.0. The van der Waals surface area contributed by atoms with Gasteiger partial charge >= 0.3 is 0 Å². The van der Waals surface area contributed by atoms with Crippen LogP contribution in [0.5, 0.6) is 17.2 Å². The van der Waals surface area contributed by atoms with Crippen LogP contribution in [0, 0.1) is 13.8 Å². The lowest BCUT2D eigenvalue weighted by Crippen LogP contribution is -2.49. The molecule has 0 radical (unpaired) electrons. The van der Waals surface area contributed by atoms with E-state index in [0.717, 1.165) is 16.9 Å². The van der Waals surface area contributed by atoms with Gasteiger partial charge in [0.2, 0.25) is 0 Å². The molecule has 2 amide bonds. The standard InChI is InChI=1S/C26H27N3O5S/c1-18-7-6-8-19(2)24(18)34-17-23(30)28-29-26(35)27-25(31)20-11-13-22(14-12-20)33-16-15-32-21-9-4-3-5-10-21/h3-14H,15-17H2,1-2H3,(H,28,30)(H2,27,29,31,35). The van der Waals surface area contributed by atoms with Crippen molar-refractivity contribution in [2.75, 3.05) is 19.8 Å². The SMILES string of the molecule is Cc1cccc(C)c1OCC(=O)NNC(=S)NC(=O)c1ccc(OCCOc2ccccc2)cc1. The Morgan fingerprint density at radius 2 is 1.34 bits per heavy atom. The molecule has 9 heteroatoms. The molecule has 8 nitrogen and oxygen atoms in total. The Hall–Kier alpha value is -4.11. The summed E-state index contributed by atoms with van der Waals surface area (Å²) < 4.78 is 16.8. The molecule has 182 valence electrons. The number of hydrogen-bond acceptors (Lipinski definition) is 6. The second-order valence-corrected chi connectivity index (χ2v) is 7.91. The van der Waals surface area contributed by atoms with Gasteiger partial charge in [-0.3, -0.25) is 25.8 Å². The normalized spacial score (nSPS) is 10.1. The third-order valence-corrected chi connectivity index (χ3v) is 4.98. The summed E-state index contributed by atoms with van der Waals surface area (Å²) in [7, 11) is 0. The Morgan fingerprint density at radius 1 is 0.743 bits per heavy atom. The Kier molecular flexibility index (Phi) is 9.44. The summed E-state index contributed by atoms with van der Waals surface area (Å²) in [4.78, 5) is 24.4. The minimum absolute atomic E-state index is 0.0474. The summed E-state index contributed by atoms with van der Waals surface area (Å²) in [5.74, 6) is 1.17. The van der Waals surface area contributed by atoms with Crippen LogP contribution in [0.25, 0.3) is 0 Å². The van der Waals surface area contributed by atoms with Crippen molar-refractivity contribution in [1.82, 2.24) is 16.2 Å². The highest BCUT2D eigenvalue weighted by Crippen LogP contribution is 2.22. The number of para-hydroxylation sites is 2. The lowest BCUT2D eigenvalue weighted by Gasteiger charge is -2.13. The summed E-state index contributed by atoms with van der Waals surface area (Å²) in [6.45, 7) is 4.37. The maximum absolute atomic E-state index is 12.4. The van der Waals surface area contributed by atoms with Gasteiger partial charge in [-0.1, -0.05) is 36.4 Å². The van der Waals surface area contributed by atoms with E-state index >= 15 is 0 Å². The molecule has 35 heavy (non-hydrogen) atoms. The van der Waals surface area contributed by atoms with Crippen LogP contribution in [0.15, 0.2) is 72.8 Å². The lowest BCUT2D eigenvalue weighted by molar-refractivity contribution is -0.123. The van der Waals surface area contributed by atoms with E-state index < -0.39 is 11.8 Å². The van der Waals surface area contributed by atoms with Gasteiger partial charge in [-0.05, 0) is 73.6 Å². The average Bonchev–Trinajstić information content (AvgIpc) is 2.86. The van der Waals surface area contributed by atoms with Crippen molar-refractivity contribution in [3.05, 3.63) is 89.5 Å². The van der Waals surface area contributed by atoms with Crippen LogP contribution in [0.3, 0.4) is 0 Å². The molecule has 0 aliphatic heterocycles. The number of ether oxygens (including phenoxy) is 3. The smallest absolute Gasteiger partial charge is 0.276 e. The Morgan fingerprint density at radius 3 is 1.97 bits per heavy atom. The highest BCUT2D eigenvalue weighted by atomic mass is 32.1. The van der Waals surface area contributed by atoms with Gasteiger partial charge in [0.05, 0.1) is 0 Å². The predicted octanol–water partition coefficient (Wildman–Crippen LogP) is 3.48. The number of amides is 2. The lowest BCUT2D eigenvalue weighted by atomic mass is 10.1. The maximum atomic E-state index is 12.4. The van der Waals surface area contributed by atoms with E-state index in [9.17, 15) is 9.59 Å². The van der Waals surface area contributed by atoms with Gasteiger partial charge in [0.1, 0.15) is 30.5 Å². The van der Waals surface area contributed by atoms with E-state index in [0.29, 0.717) is 30.3 Å². The first-order valence-electron chi connectivity index (χ1n) is 10.9. The molecule has 0 unspecified atom stereocenters. The Bertz CT molecular complexity index is 1130. The zero-order valence-corrected chi connectivity index (χ0v) is 20.3. The van der Waals surface area contributed by atoms with Crippen molar-refractivity contribution in [2.45, 2.75) is 13.8 Å². The first kappa shape index (κ1) is 25.5. The molecule has 0 aromatic heterocycles. The van der Waals surface area contributed by atoms with Crippen molar-refractivity contribution in [2.24, 2.45) is 0 Å². The molecule has 0 fully saturated rings. The maximum Gasteiger partial charge on any atom is 0.276 e. The second-order valence-electron chi connectivity index (χ2n) is 7.50. The molecule has 0 heterocycles. The molecule has 3 rings (SSSR count). The van der Waals surface area contributed by atoms with Crippen molar-refractivity contribution in [1.29, 1.82) is 0 Å². The van der Waals surface area contributed by atoms with Gasteiger partial charge in [-0.25, -0.2) is 0 Å². The van der Waals surface area contributed by atoms with E-state index in [1.165, 1.54) is 0 Å². The number of aryl methyl sites for hydroxylation is 2. The Balaban J connectivity index is 1.35. The number of carbonyl (C=O) groups excluding carboxylic acids is 2. The van der Waals surface area contributed by atoms with Crippen molar-refractivity contribution >= 4 is 29.1 Å². The number of hydrazine groups is 1. The van der Waals surface area contributed by atoms with Gasteiger partial charge in [0.25, 0.3) is 11.8 Å². The average molecular weight is 494 g/mol. The fourth-order valence-electron chi connectivity index (χ4n) is 3.07. The minimum Gasteiger partial charge on any atom is -0.490 e. The van der Waals surface area contributed by atoms with Gasteiger partial charge in [-0.15, -0.1) is 0 Å². The summed E-state index contributed by atoms with van der Waals surface area (Å²) in [5.41, 5.74) is 7.14. The van der Waals surface area contributed by atoms with Crippen LogP contribution in [0.4, 0.5) is 0 Å². The highest BCUT2D eigenvalue weighted by molar-refractivity contribution is 7.80. The van der Waals surface area contributed by atoms with E-state index in [1.54, 1.807) is 24.3 Å². The zero-order valence-electron chi connectivity index (χ0n) is 19.5. The minimum atomic E-state index is -0.443. The molecule has 0 aliphatic carbocycles. The molecule has 3 N–H and O–H groups in total. The number of thiocarbonyl (C=S) groups is 1. The number of hydrogen-bond donors (Lipinski definition) is 3. The van der Waals surface area contributed by atoms with Crippen LogP contribution < -0.4 is 30.4 Å².